The van der Waals surface area contributed by atoms with Crippen LogP contribution in [0, 0.1) is 0 Å². The first-order valence-corrected chi connectivity index (χ1v) is 12.8. The smallest absolute Gasteiger partial charge is 0.309 e. The number of rotatable bonds is 5. The fraction of sp³-hybridized carbons (Fsp3) is 0.250. The van der Waals surface area contributed by atoms with E-state index in [0.717, 1.165) is 11.2 Å². The molecule has 1 heterocycles. The highest BCUT2D eigenvalue weighted by atomic mass is 16.5. The lowest BCUT2D eigenvalue weighted by molar-refractivity contribution is -0.0222. The van der Waals surface area contributed by atoms with Crippen LogP contribution in [0.1, 0.15) is 45.7 Å². The second kappa shape index (κ2) is 8.09. The monoisotopic (exact) mass is 473 g/mol. The van der Waals surface area contributed by atoms with Gasteiger partial charge in [-0.15, -0.1) is 0 Å². The maximum atomic E-state index is 10.3. The molecule has 1 atom stereocenters. The summed E-state index contributed by atoms with van der Waals surface area (Å²) in [5, 5.41) is 12.8. The molecule has 0 saturated heterocycles. The Morgan fingerprint density at radius 2 is 1.56 bits per heavy atom. The molecule has 1 aliphatic carbocycles. The van der Waals surface area contributed by atoms with Gasteiger partial charge in [0, 0.05) is 21.9 Å². The predicted octanol–water partition coefficient (Wildman–Crippen LogP) is 6.24. The van der Waals surface area contributed by atoms with Gasteiger partial charge in [-0.3, -0.25) is 0 Å². The number of aliphatic hydroxyl groups is 1. The van der Waals surface area contributed by atoms with Crippen molar-refractivity contribution in [3.05, 3.63) is 96.1 Å². The zero-order valence-corrected chi connectivity index (χ0v) is 21.7. The molecule has 4 heteroatoms. The minimum Gasteiger partial charge on any atom is -0.429 e. The van der Waals surface area contributed by atoms with E-state index >= 15 is 0 Å². The Kier molecular flexibility index (Phi) is 5.19. The zero-order chi connectivity index (χ0) is 25.2. The third-order valence-electron chi connectivity index (χ3n) is 8.04. The second-order valence-corrected chi connectivity index (χ2v) is 11.2. The molecule has 36 heavy (non-hydrogen) atoms. The second-order valence-electron chi connectivity index (χ2n) is 11.2. The molecule has 1 aliphatic rings. The summed E-state index contributed by atoms with van der Waals surface area (Å²) >= 11 is 0. The van der Waals surface area contributed by atoms with Crippen molar-refractivity contribution in [3.8, 4) is 16.8 Å². The van der Waals surface area contributed by atoms with Crippen LogP contribution in [0.25, 0.3) is 38.6 Å². The molecule has 180 valence electrons. The zero-order valence-electron chi connectivity index (χ0n) is 21.7. The van der Waals surface area contributed by atoms with E-state index in [0.29, 0.717) is 7.48 Å². The number of benzene rings is 4. The molecule has 0 bridgehead atoms. The van der Waals surface area contributed by atoms with Crippen molar-refractivity contribution in [2.24, 2.45) is 0 Å². The Morgan fingerprint density at radius 1 is 0.806 bits per heavy atom. The molecule has 0 radical (unpaired) electrons. The maximum absolute atomic E-state index is 10.3. The Bertz CT molecular complexity index is 1620. The quantitative estimate of drug-likeness (QED) is 0.307. The third-order valence-corrected chi connectivity index (χ3v) is 8.04. The summed E-state index contributed by atoms with van der Waals surface area (Å²) in [7, 11) is 0.452. The SMILES string of the molecule is CC(OBc1cccc(-n2c3ccccc3c3cc4c(cc32)C(C)(C)c2ccccc2-4)c1)C(C)(C)O. The van der Waals surface area contributed by atoms with Gasteiger partial charge < -0.3 is 14.3 Å². The summed E-state index contributed by atoms with van der Waals surface area (Å²) in [5.74, 6) is 0. The van der Waals surface area contributed by atoms with Crippen LogP contribution in [0.2, 0.25) is 0 Å². The molecule has 1 N–H and O–H groups in total. The molecule has 0 aliphatic heterocycles. The molecule has 4 aromatic carbocycles. The number of hydrogen-bond acceptors (Lipinski definition) is 2. The van der Waals surface area contributed by atoms with Crippen molar-refractivity contribution in [3.63, 3.8) is 0 Å². The van der Waals surface area contributed by atoms with Gasteiger partial charge in [0.25, 0.3) is 0 Å². The van der Waals surface area contributed by atoms with Gasteiger partial charge in [-0.1, -0.05) is 73.9 Å². The Labute approximate surface area is 213 Å². The highest BCUT2D eigenvalue weighted by Crippen LogP contribution is 2.50. The van der Waals surface area contributed by atoms with Crippen LogP contribution < -0.4 is 5.46 Å². The number of nitrogens with zero attached hydrogens (tertiary/aromatic N) is 1. The molecule has 0 saturated carbocycles. The Balaban J connectivity index is 1.53. The van der Waals surface area contributed by atoms with Crippen LogP contribution in [0.5, 0.6) is 0 Å². The topological polar surface area (TPSA) is 34.4 Å². The summed E-state index contributed by atoms with van der Waals surface area (Å²) in [6.07, 6.45) is -0.263. The van der Waals surface area contributed by atoms with Gasteiger partial charge in [0.1, 0.15) is 0 Å². The van der Waals surface area contributed by atoms with Crippen LogP contribution in [0.4, 0.5) is 0 Å². The van der Waals surface area contributed by atoms with E-state index in [4.69, 9.17) is 4.65 Å². The van der Waals surface area contributed by atoms with Crippen molar-refractivity contribution < 1.29 is 9.76 Å². The van der Waals surface area contributed by atoms with Crippen molar-refractivity contribution in [2.75, 3.05) is 0 Å². The van der Waals surface area contributed by atoms with E-state index in [2.05, 4.69) is 103 Å². The van der Waals surface area contributed by atoms with Gasteiger partial charge in [0.15, 0.2) is 0 Å². The average Bonchev–Trinajstić information content (AvgIpc) is 3.30. The van der Waals surface area contributed by atoms with Crippen LogP contribution in [-0.4, -0.2) is 28.9 Å². The Morgan fingerprint density at radius 3 is 2.36 bits per heavy atom. The van der Waals surface area contributed by atoms with Gasteiger partial charge >= 0.3 is 7.48 Å². The first-order chi connectivity index (χ1) is 17.2. The van der Waals surface area contributed by atoms with E-state index in [1.807, 2.05) is 6.92 Å². The summed E-state index contributed by atoms with van der Waals surface area (Å²) in [6.45, 7) is 10.1. The summed E-state index contributed by atoms with van der Waals surface area (Å²) < 4.78 is 8.39. The van der Waals surface area contributed by atoms with Crippen molar-refractivity contribution in [2.45, 2.75) is 51.7 Å². The Hall–Kier alpha value is -3.34. The fourth-order valence-electron chi connectivity index (χ4n) is 5.65. The molecular formula is C32H32BNO2. The summed E-state index contributed by atoms with van der Waals surface area (Å²) in [6, 6.07) is 30.8. The van der Waals surface area contributed by atoms with Crippen LogP contribution in [0.3, 0.4) is 0 Å². The normalized spacial score (nSPS) is 15.2. The van der Waals surface area contributed by atoms with Crippen molar-refractivity contribution in [1.29, 1.82) is 0 Å². The van der Waals surface area contributed by atoms with E-state index in [-0.39, 0.29) is 11.5 Å². The molecule has 1 aromatic heterocycles. The minimum absolute atomic E-state index is 0.0513. The van der Waals surface area contributed by atoms with Crippen LogP contribution in [0.15, 0.2) is 84.9 Å². The standard InChI is InChI=1S/C32H32BNO2/c1-20(32(4,5)35)36-33-21-11-10-12-22(17-21)34-29-16-9-7-14-24(29)26-18-25-23-13-6-8-15-27(23)31(2,3)28(25)19-30(26)34/h6-20,33,35H,1-5H3. The van der Waals surface area contributed by atoms with Crippen molar-refractivity contribution in [1.82, 2.24) is 4.57 Å². The molecule has 0 spiro atoms. The van der Waals surface area contributed by atoms with Crippen molar-refractivity contribution >= 4 is 34.8 Å². The lowest BCUT2D eigenvalue weighted by Gasteiger charge is -2.26. The summed E-state index contributed by atoms with van der Waals surface area (Å²) in [5.41, 5.74) is 9.14. The van der Waals surface area contributed by atoms with Gasteiger partial charge in [-0.25, -0.2) is 0 Å². The molecule has 3 nitrogen and oxygen atoms in total. The molecule has 6 rings (SSSR count). The van der Waals surface area contributed by atoms with Crippen LogP contribution in [-0.2, 0) is 10.1 Å². The van der Waals surface area contributed by atoms with E-state index in [1.54, 1.807) is 13.8 Å². The minimum atomic E-state index is -0.880. The van der Waals surface area contributed by atoms with E-state index in [1.165, 1.54) is 44.1 Å². The maximum Gasteiger partial charge on any atom is 0.309 e. The third kappa shape index (κ3) is 3.51. The number of hydrogen-bond donors (Lipinski definition) is 1. The lowest BCUT2D eigenvalue weighted by atomic mass is 9.82. The molecular weight excluding hydrogens is 441 g/mol. The predicted molar refractivity (Wildman–Crippen MR) is 152 cm³/mol. The van der Waals surface area contributed by atoms with Crippen LogP contribution >= 0.6 is 0 Å². The number of para-hydroxylation sites is 1. The van der Waals surface area contributed by atoms with E-state index < -0.39 is 5.60 Å². The lowest BCUT2D eigenvalue weighted by Crippen LogP contribution is -2.38. The highest BCUT2D eigenvalue weighted by Gasteiger charge is 2.36. The van der Waals surface area contributed by atoms with Gasteiger partial charge in [0.2, 0.25) is 0 Å². The molecule has 1 unspecified atom stereocenters. The summed E-state index contributed by atoms with van der Waals surface area (Å²) in [4.78, 5) is 0. The molecule has 0 fully saturated rings. The number of aromatic nitrogens is 1. The first kappa shape index (κ1) is 23.1. The van der Waals surface area contributed by atoms with E-state index in [9.17, 15) is 5.11 Å². The molecule has 0 amide bonds. The van der Waals surface area contributed by atoms with Gasteiger partial charge in [0.05, 0.1) is 22.7 Å². The fourth-order valence-corrected chi connectivity index (χ4v) is 5.65. The first-order valence-electron chi connectivity index (χ1n) is 12.8. The van der Waals surface area contributed by atoms with Gasteiger partial charge in [-0.05, 0) is 73.4 Å². The van der Waals surface area contributed by atoms with Gasteiger partial charge in [-0.2, -0.15) is 0 Å². The molecule has 5 aromatic rings. The highest BCUT2D eigenvalue weighted by molar-refractivity contribution is 6.47. The number of fused-ring (bicyclic) bond motifs is 6. The largest absolute Gasteiger partial charge is 0.429 e. The average molecular weight is 473 g/mol.